The Hall–Kier alpha value is -1.53. The lowest BCUT2D eigenvalue weighted by Gasteiger charge is -2.31. The van der Waals surface area contributed by atoms with Gasteiger partial charge >= 0.3 is 0 Å². The molecule has 4 nitrogen and oxygen atoms in total. The van der Waals surface area contributed by atoms with Gasteiger partial charge in [-0.3, -0.25) is 4.79 Å². The van der Waals surface area contributed by atoms with E-state index >= 15 is 0 Å². The van der Waals surface area contributed by atoms with Crippen LogP contribution in [0.5, 0.6) is 0 Å². The average Bonchev–Trinajstić information content (AvgIpc) is 2.91. The first kappa shape index (κ1) is 15.4. The highest BCUT2D eigenvalue weighted by Crippen LogP contribution is 2.37. The topological polar surface area (TPSA) is 47.6 Å². The molecule has 1 atom stereocenters. The van der Waals surface area contributed by atoms with Gasteiger partial charge in [0.2, 0.25) is 0 Å². The second kappa shape index (κ2) is 6.30. The normalized spacial score (nSPS) is 23.6. The third-order valence-corrected chi connectivity index (χ3v) is 4.22. The fraction of sp³-hybridized carbons (Fsp3) is 0.562. The van der Waals surface area contributed by atoms with Crippen molar-refractivity contribution >= 4 is 5.91 Å². The van der Waals surface area contributed by atoms with E-state index in [0.29, 0.717) is 6.61 Å². The fourth-order valence-corrected chi connectivity index (χ4v) is 3.05. The van der Waals surface area contributed by atoms with E-state index in [9.17, 15) is 13.6 Å². The van der Waals surface area contributed by atoms with E-state index in [1.807, 2.05) is 0 Å². The van der Waals surface area contributed by atoms with Gasteiger partial charge < -0.3 is 14.8 Å². The summed E-state index contributed by atoms with van der Waals surface area (Å²) in [5.41, 5.74) is -0.300. The summed E-state index contributed by atoms with van der Waals surface area (Å²) >= 11 is 0. The van der Waals surface area contributed by atoms with Crippen LogP contribution >= 0.6 is 0 Å². The fourth-order valence-electron chi connectivity index (χ4n) is 3.05. The predicted molar refractivity (Wildman–Crippen MR) is 75.3 cm³/mol. The average molecular weight is 311 g/mol. The van der Waals surface area contributed by atoms with Crippen molar-refractivity contribution in [2.45, 2.75) is 44.0 Å². The first-order chi connectivity index (χ1) is 10.6. The van der Waals surface area contributed by atoms with Crippen LogP contribution in [-0.4, -0.2) is 30.9 Å². The largest absolute Gasteiger partial charge is 0.349 e. The van der Waals surface area contributed by atoms with E-state index in [0.717, 1.165) is 31.7 Å². The Labute approximate surface area is 127 Å². The zero-order valence-electron chi connectivity index (χ0n) is 12.2. The Morgan fingerprint density at radius 3 is 2.82 bits per heavy atom. The van der Waals surface area contributed by atoms with Crippen LogP contribution in [0.3, 0.4) is 0 Å². The number of carbonyl (C=O) groups is 1. The number of amides is 1. The highest BCUT2D eigenvalue weighted by atomic mass is 19.2. The number of halogens is 2. The van der Waals surface area contributed by atoms with Crippen molar-refractivity contribution in [2.75, 3.05) is 13.2 Å². The number of carbonyl (C=O) groups excluding carboxylic acids is 1. The van der Waals surface area contributed by atoms with Gasteiger partial charge in [-0.2, -0.15) is 0 Å². The molecule has 1 saturated heterocycles. The van der Waals surface area contributed by atoms with Crippen LogP contribution in [0.4, 0.5) is 8.78 Å². The lowest BCUT2D eigenvalue weighted by molar-refractivity contribution is -0.186. The minimum atomic E-state index is -1.13. The van der Waals surface area contributed by atoms with Gasteiger partial charge in [0.05, 0.1) is 12.2 Å². The summed E-state index contributed by atoms with van der Waals surface area (Å²) in [6, 6.07) is 3.54. The molecule has 120 valence electrons. The quantitative estimate of drug-likeness (QED) is 0.934. The molecule has 1 N–H and O–H groups in total. The van der Waals surface area contributed by atoms with Gasteiger partial charge in [-0.05, 0) is 25.0 Å². The van der Waals surface area contributed by atoms with Crippen molar-refractivity contribution in [3.8, 4) is 0 Å². The molecule has 1 aromatic rings. The predicted octanol–water partition coefficient (Wildman–Crippen LogP) is 2.77. The molecule has 2 aliphatic rings. The maximum atomic E-state index is 13.5. The van der Waals surface area contributed by atoms with Crippen molar-refractivity contribution in [3.05, 3.63) is 35.4 Å². The first-order valence-electron chi connectivity index (χ1n) is 7.64. The van der Waals surface area contributed by atoms with Crippen LogP contribution in [0.15, 0.2) is 18.2 Å². The molecule has 2 fully saturated rings. The lowest BCUT2D eigenvalue weighted by atomic mass is 9.94. The van der Waals surface area contributed by atoms with Crippen molar-refractivity contribution in [2.24, 2.45) is 0 Å². The Kier molecular flexibility index (Phi) is 4.40. The molecule has 1 amide bonds. The van der Waals surface area contributed by atoms with Crippen molar-refractivity contribution in [1.82, 2.24) is 5.32 Å². The summed E-state index contributed by atoms with van der Waals surface area (Å²) in [7, 11) is 0. The highest BCUT2D eigenvalue weighted by Gasteiger charge is 2.42. The molecule has 6 heteroatoms. The van der Waals surface area contributed by atoms with Crippen LogP contribution in [-0.2, 0) is 9.47 Å². The zero-order chi connectivity index (χ0) is 15.6. The van der Waals surface area contributed by atoms with Crippen LogP contribution in [0.2, 0.25) is 0 Å². The molecule has 0 bridgehead atoms. The first-order valence-corrected chi connectivity index (χ1v) is 7.64. The summed E-state index contributed by atoms with van der Waals surface area (Å²) in [6.45, 7) is 0.627. The number of nitrogens with one attached hydrogen (secondary N) is 1. The van der Waals surface area contributed by atoms with E-state index < -0.39 is 23.3 Å². The standard InChI is InChI=1S/C16H19F2NO3/c17-13-6-4-5-12(14(13)18)15(20)19-9-11-10-21-16(22-11)7-2-1-3-8-16/h4-6,11H,1-3,7-10H2,(H,19,20)/t11-/m1/s1. The van der Waals surface area contributed by atoms with Crippen molar-refractivity contribution < 1.29 is 23.0 Å². The van der Waals surface area contributed by atoms with Crippen LogP contribution in [0, 0.1) is 11.6 Å². The number of benzene rings is 1. The maximum Gasteiger partial charge on any atom is 0.254 e. The molecule has 0 radical (unpaired) electrons. The molecule has 3 rings (SSSR count). The summed E-state index contributed by atoms with van der Waals surface area (Å²) in [5.74, 6) is -3.32. The van der Waals surface area contributed by atoms with E-state index in [1.165, 1.54) is 18.6 Å². The van der Waals surface area contributed by atoms with Crippen LogP contribution in [0.1, 0.15) is 42.5 Å². The number of hydrogen-bond acceptors (Lipinski definition) is 3. The van der Waals surface area contributed by atoms with Gasteiger partial charge in [0.15, 0.2) is 17.4 Å². The smallest absolute Gasteiger partial charge is 0.254 e. The van der Waals surface area contributed by atoms with Gasteiger partial charge in [-0.15, -0.1) is 0 Å². The monoisotopic (exact) mass is 311 g/mol. The minimum absolute atomic E-state index is 0.219. The number of rotatable bonds is 3. The summed E-state index contributed by atoms with van der Waals surface area (Å²) in [6.07, 6.45) is 4.83. The summed E-state index contributed by atoms with van der Waals surface area (Å²) < 4.78 is 38.4. The van der Waals surface area contributed by atoms with Gasteiger partial charge in [-0.1, -0.05) is 12.5 Å². The molecular weight excluding hydrogens is 292 g/mol. The third-order valence-electron chi connectivity index (χ3n) is 4.22. The molecule has 0 unspecified atom stereocenters. The molecule has 22 heavy (non-hydrogen) atoms. The zero-order valence-corrected chi connectivity index (χ0v) is 12.2. The Morgan fingerprint density at radius 2 is 2.05 bits per heavy atom. The van der Waals surface area contributed by atoms with Gasteiger partial charge in [0, 0.05) is 19.4 Å². The van der Waals surface area contributed by atoms with Gasteiger partial charge in [-0.25, -0.2) is 8.78 Å². The lowest BCUT2D eigenvalue weighted by Crippen LogP contribution is -2.37. The van der Waals surface area contributed by atoms with Gasteiger partial charge in [0.1, 0.15) is 6.10 Å². The van der Waals surface area contributed by atoms with Crippen molar-refractivity contribution in [3.63, 3.8) is 0 Å². The number of hydrogen-bond donors (Lipinski definition) is 1. The molecule has 1 aromatic carbocycles. The molecule has 0 aromatic heterocycles. The SMILES string of the molecule is O=C(NC[C@@H]1COC2(CCCCC2)O1)c1cccc(F)c1F. The van der Waals surface area contributed by atoms with Gasteiger partial charge in [0.25, 0.3) is 5.91 Å². The Bertz CT molecular complexity index is 558. The van der Waals surface area contributed by atoms with E-state index in [2.05, 4.69) is 5.32 Å². The van der Waals surface area contributed by atoms with E-state index in [-0.39, 0.29) is 18.2 Å². The van der Waals surface area contributed by atoms with Crippen LogP contribution < -0.4 is 5.32 Å². The molecular formula is C16H19F2NO3. The molecule has 1 saturated carbocycles. The maximum absolute atomic E-state index is 13.5. The molecule has 1 aliphatic carbocycles. The molecule has 1 heterocycles. The van der Waals surface area contributed by atoms with E-state index in [4.69, 9.17) is 9.47 Å². The highest BCUT2D eigenvalue weighted by molar-refractivity contribution is 5.94. The van der Waals surface area contributed by atoms with Crippen molar-refractivity contribution in [1.29, 1.82) is 0 Å². The Balaban J connectivity index is 1.55. The summed E-state index contributed by atoms with van der Waals surface area (Å²) in [4.78, 5) is 11.9. The van der Waals surface area contributed by atoms with Crippen LogP contribution in [0.25, 0.3) is 0 Å². The second-order valence-corrected chi connectivity index (χ2v) is 5.83. The minimum Gasteiger partial charge on any atom is -0.349 e. The van der Waals surface area contributed by atoms with E-state index in [1.54, 1.807) is 0 Å². The Morgan fingerprint density at radius 1 is 1.27 bits per heavy atom. The number of ether oxygens (including phenoxy) is 2. The third kappa shape index (κ3) is 3.13. The summed E-state index contributed by atoms with van der Waals surface area (Å²) in [5, 5.41) is 2.58. The molecule has 1 spiro atoms. The second-order valence-electron chi connectivity index (χ2n) is 5.83. The molecule has 1 aliphatic heterocycles.